The number of hydrogen-bond acceptors (Lipinski definition) is 4. The van der Waals surface area contributed by atoms with Gasteiger partial charge in [0.05, 0.1) is 5.52 Å². The fourth-order valence-electron chi connectivity index (χ4n) is 3.38. The van der Waals surface area contributed by atoms with E-state index in [0.717, 1.165) is 60.5 Å². The standard InChI is InChI=1S/C19H21N5O/c1-2-17-21-18(23-22-17)13-7-10-24(11-8-13)19(25)15-5-6-16-14(12-15)4-3-9-20-16/h3-6,9,12-13H,2,7-8,10-11H2,1H3,(H,21,22,23). The fraction of sp³-hybridized carbons (Fsp3) is 0.368. The summed E-state index contributed by atoms with van der Waals surface area (Å²) in [5, 5.41) is 8.30. The zero-order valence-corrected chi connectivity index (χ0v) is 14.3. The lowest BCUT2D eigenvalue weighted by Gasteiger charge is -2.30. The van der Waals surface area contributed by atoms with E-state index in [4.69, 9.17) is 0 Å². The largest absolute Gasteiger partial charge is 0.339 e. The van der Waals surface area contributed by atoms with Crippen LogP contribution in [0.2, 0.25) is 0 Å². The summed E-state index contributed by atoms with van der Waals surface area (Å²) in [6.07, 6.45) is 4.44. The number of carbonyl (C=O) groups excluding carboxylic acids is 1. The van der Waals surface area contributed by atoms with Crippen molar-refractivity contribution in [2.24, 2.45) is 0 Å². The summed E-state index contributed by atoms with van der Waals surface area (Å²) >= 11 is 0. The van der Waals surface area contributed by atoms with E-state index in [2.05, 4.69) is 27.1 Å². The molecule has 4 rings (SSSR count). The Bertz CT molecular complexity index is 895. The average molecular weight is 335 g/mol. The molecular weight excluding hydrogens is 314 g/mol. The van der Waals surface area contributed by atoms with Gasteiger partial charge in [0.2, 0.25) is 0 Å². The summed E-state index contributed by atoms with van der Waals surface area (Å²) in [5.74, 6) is 2.24. The van der Waals surface area contributed by atoms with Crippen molar-refractivity contribution in [3.8, 4) is 0 Å². The average Bonchev–Trinajstić information content (AvgIpc) is 3.16. The lowest BCUT2D eigenvalue weighted by molar-refractivity contribution is 0.0711. The fourth-order valence-corrected chi connectivity index (χ4v) is 3.38. The number of fused-ring (bicyclic) bond motifs is 1. The van der Waals surface area contributed by atoms with E-state index < -0.39 is 0 Å². The maximum atomic E-state index is 12.8. The number of hydrogen-bond donors (Lipinski definition) is 1. The van der Waals surface area contributed by atoms with Crippen LogP contribution < -0.4 is 0 Å². The van der Waals surface area contributed by atoms with Crippen molar-refractivity contribution < 1.29 is 4.79 Å². The maximum Gasteiger partial charge on any atom is 0.253 e. The lowest BCUT2D eigenvalue weighted by atomic mass is 9.95. The molecule has 2 aromatic heterocycles. The predicted octanol–water partition coefficient (Wildman–Crippen LogP) is 2.94. The summed E-state index contributed by atoms with van der Waals surface area (Å²) in [5.41, 5.74) is 1.64. The van der Waals surface area contributed by atoms with Crippen LogP contribution in [0.1, 0.15) is 47.7 Å². The first-order chi connectivity index (χ1) is 12.2. The Balaban J connectivity index is 1.45. The number of aryl methyl sites for hydroxylation is 1. The molecule has 25 heavy (non-hydrogen) atoms. The number of amides is 1. The monoisotopic (exact) mass is 335 g/mol. The van der Waals surface area contributed by atoms with E-state index >= 15 is 0 Å². The lowest BCUT2D eigenvalue weighted by Crippen LogP contribution is -2.38. The van der Waals surface area contributed by atoms with E-state index in [9.17, 15) is 4.79 Å². The van der Waals surface area contributed by atoms with Gasteiger partial charge >= 0.3 is 0 Å². The Morgan fingerprint density at radius 1 is 1.28 bits per heavy atom. The van der Waals surface area contributed by atoms with Gasteiger partial charge in [-0.15, -0.1) is 0 Å². The molecular formula is C19H21N5O. The Morgan fingerprint density at radius 2 is 2.12 bits per heavy atom. The topological polar surface area (TPSA) is 74.8 Å². The summed E-state index contributed by atoms with van der Waals surface area (Å²) in [7, 11) is 0. The summed E-state index contributed by atoms with van der Waals surface area (Å²) in [6.45, 7) is 3.54. The van der Waals surface area contributed by atoms with Gasteiger partial charge in [0.15, 0.2) is 5.82 Å². The molecule has 1 aromatic carbocycles. The molecule has 0 bridgehead atoms. The molecule has 1 aliphatic rings. The van der Waals surface area contributed by atoms with Crippen LogP contribution in [0.15, 0.2) is 36.5 Å². The van der Waals surface area contributed by atoms with Gasteiger partial charge in [-0.25, -0.2) is 4.98 Å². The summed E-state index contributed by atoms with van der Waals surface area (Å²) < 4.78 is 0. The minimum Gasteiger partial charge on any atom is -0.339 e. The van der Waals surface area contributed by atoms with Crippen molar-refractivity contribution in [1.82, 2.24) is 25.1 Å². The van der Waals surface area contributed by atoms with Gasteiger partial charge in [-0.2, -0.15) is 5.10 Å². The molecule has 0 saturated carbocycles. The third kappa shape index (κ3) is 3.12. The molecule has 128 valence electrons. The molecule has 6 nitrogen and oxygen atoms in total. The minimum absolute atomic E-state index is 0.0911. The number of nitrogens with zero attached hydrogens (tertiary/aromatic N) is 4. The highest BCUT2D eigenvalue weighted by Gasteiger charge is 2.26. The van der Waals surface area contributed by atoms with E-state index in [1.54, 1.807) is 6.20 Å². The second-order valence-corrected chi connectivity index (χ2v) is 6.47. The molecule has 1 aliphatic heterocycles. The van der Waals surface area contributed by atoms with Gasteiger partial charge in [-0.3, -0.25) is 14.9 Å². The van der Waals surface area contributed by atoms with Crippen molar-refractivity contribution in [1.29, 1.82) is 0 Å². The molecule has 0 radical (unpaired) electrons. The van der Waals surface area contributed by atoms with E-state index in [-0.39, 0.29) is 5.91 Å². The number of H-pyrrole nitrogens is 1. The third-order valence-corrected chi connectivity index (χ3v) is 4.88. The van der Waals surface area contributed by atoms with Crippen molar-refractivity contribution in [2.75, 3.05) is 13.1 Å². The molecule has 6 heteroatoms. The Kier molecular flexibility index (Phi) is 4.17. The first-order valence-electron chi connectivity index (χ1n) is 8.80. The Hall–Kier alpha value is -2.76. The van der Waals surface area contributed by atoms with Crippen molar-refractivity contribution in [3.63, 3.8) is 0 Å². The second kappa shape index (κ2) is 6.63. The summed E-state index contributed by atoms with van der Waals surface area (Å²) in [4.78, 5) is 23.6. The first-order valence-corrected chi connectivity index (χ1v) is 8.80. The van der Waals surface area contributed by atoms with Gasteiger partial charge in [-0.05, 0) is 37.1 Å². The van der Waals surface area contributed by atoms with E-state index in [1.807, 2.05) is 35.2 Å². The van der Waals surface area contributed by atoms with E-state index in [1.165, 1.54) is 0 Å². The zero-order chi connectivity index (χ0) is 17.2. The van der Waals surface area contributed by atoms with Crippen LogP contribution in [-0.2, 0) is 6.42 Å². The molecule has 0 atom stereocenters. The molecule has 1 fully saturated rings. The van der Waals surface area contributed by atoms with E-state index in [0.29, 0.717) is 5.92 Å². The Morgan fingerprint density at radius 3 is 2.88 bits per heavy atom. The van der Waals surface area contributed by atoms with Crippen LogP contribution in [0.3, 0.4) is 0 Å². The van der Waals surface area contributed by atoms with Crippen molar-refractivity contribution in [2.45, 2.75) is 32.1 Å². The number of carbonyl (C=O) groups is 1. The number of likely N-dealkylation sites (tertiary alicyclic amines) is 1. The van der Waals surface area contributed by atoms with Crippen LogP contribution in [0.25, 0.3) is 10.9 Å². The maximum absolute atomic E-state index is 12.8. The van der Waals surface area contributed by atoms with Gasteiger partial charge in [0.25, 0.3) is 5.91 Å². The highest BCUT2D eigenvalue weighted by molar-refractivity contribution is 5.98. The number of nitrogens with one attached hydrogen (secondary N) is 1. The second-order valence-electron chi connectivity index (χ2n) is 6.47. The molecule has 0 unspecified atom stereocenters. The molecule has 1 N–H and O–H groups in total. The molecule has 1 saturated heterocycles. The number of aromatic amines is 1. The number of piperidine rings is 1. The molecule has 0 aliphatic carbocycles. The summed E-state index contributed by atoms with van der Waals surface area (Å²) in [6, 6.07) is 9.59. The number of aromatic nitrogens is 4. The van der Waals surface area contributed by atoms with Crippen LogP contribution in [0, 0.1) is 0 Å². The molecule has 0 spiro atoms. The minimum atomic E-state index is 0.0911. The van der Waals surface area contributed by atoms with Gasteiger partial charge in [-0.1, -0.05) is 13.0 Å². The van der Waals surface area contributed by atoms with Gasteiger partial charge < -0.3 is 4.90 Å². The van der Waals surface area contributed by atoms with Crippen molar-refractivity contribution in [3.05, 3.63) is 53.7 Å². The third-order valence-electron chi connectivity index (χ3n) is 4.88. The van der Waals surface area contributed by atoms with Crippen molar-refractivity contribution >= 4 is 16.8 Å². The number of pyridine rings is 1. The van der Waals surface area contributed by atoms with Crippen LogP contribution in [-0.4, -0.2) is 44.1 Å². The molecule has 1 amide bonds. The molecule has 3 heterocycles. The SMILES string of the molecule is CCc1nc(C2CCN(C(=O)c3ccc4ncccc4c3)CC2)n[nH]1. The van der Waals surface area contributed by atoms with Crippen LogP contribution in [0.4, 0.5) is 0 Å². The predicted molar refractivity (Wildman–Crippen MR) is 95.4 cm³/mol. The normalized spacial score (nSPS) is 15.6. The van der Waals surface area contributed by atoms with Crippen LogP contribution >= 0.6 is 0 Å². The zero-order valence-electron chi connectivity index (χ0n) is 14.3. The van der Waals surface area contributed by atoms with Gasteiger partial charge in [0.1, 0.15) is 5.82 Å². The smallest absolute Gasteiger partial charge is 0.253 e. The highest BCUT2D eigenvalue weighted by Crippen LogP contribution is 2.26. The highest BCUT2D eigenvalue weighted by atomic mass is 16.2. The first kappa shape index (κ1) is 15.7. The molecule has 3 aromatic rings. The quantitative estimate of drug-likeness (QED) is 0.798. The Labute approximate surface area is 146 Å². The van der Waals surface area contributed by atoms with Crippen LogP contribution in [0.5, 0.6) is 0 Å². The van der Waals surface area contributed by atoms with Gasteiger partial charge in [0, 0.05) is 42.6 Å². The number of rotatable bonds is 3. The number of benzene rings is 1.